The molecule has 28 heavy (non-hydrogen) atoms. The fourth-order valence-electron chi connectivity index (χ4n) is 2.96. The third kappa shape index (κ3) is 13.8. The Hall–Kier alpha value is -1.30. The molecule has 164 valence electrons. The van der Waals surface area contributed by atoms with Crippen LogP contribution in [0.15, 0.2) is 0 Å². The van der Waals surface area contributed by atoms with Crippen LogP contribution in [0.1, 0.15) is 85.0 Å². The van der Waals surface area contributed by atoms with Crippen LogP contribution in [-0.4, -0.2) is 42.7 Å². The van der Waals surface area contributed by atoms with Crippen molar-refractivity contribution in [2.24, 2.45) is 5.92 Å². The van der Waals surface area contributed by atoms with Crippen molar-refractivity contribution in [2.75, 3.05) is 12.9 Å². The molecule has 0 aromatic carbocycles. The molecule has 3 amide bonds. The SMILES string of the molecule is CCCCCCCCC(=O)NC(CC(C)C)C(=O)NC(CCl)CCC(=O)NC. The molecule has 6 nitrogen and oxygen atoms in total. The van der Waals surface area contributed by atoms with E-state index < -0.39 is 6.04 Å². The molecule has 0 rings (SSSR count). The summed E-state index contributed by atoms with van der Waals surface area (Å²) in [6.07, 6.45) is 8.49. The molecular formula is C21H40ClN3O3. The largest absolute Gasteiger partial charge is 0.359 e. The molecule has 0 aliphatic heterocycles. The van der Waals surface area contributed by atoms with Crippen molar-refractivity contribution in [3.8, 4) is 0 Å². The van der Waals surface area contributed by atoms with Gasteiger partial charge in [-0.25, -0.2) is 0 Å². The molecule has 2 unspecified atom stereocenters. The maximum Gasteiger partial charge on any atom is 0.242 e. The van der Waals surface area contributed by atoms with Gasteiger partial charge in [-0.05, 0) is 25.2 Å². The average Bonchev–Trinajstić information content (AvgIpc) is 2.66. The Labute approximate surface area is 175 Å². The highest BCUT2D eigenvalue weighted by Crippen LogP contribution is 2.10. The summed E-state index contributed by atoms with van der Waals surface area (Å²) in [6.45, 7) is 6.22. The minimum atomic E-state index is -0.571. The van der Waals surface area contributed by atoms with E-state index in [4.69, 9.17) is 11.6 Å². The number of alkyl halides is 1. The monoisotopic (exact) mass is 417 g/mol. The number of carbonyl (C=O) groups excluding carboxylic acids is 3. The van der Waals surface area contributed by atoms with E-state index in [9.17, 15) is 14.4 Å². The second-order valence-corrected chi connectivity index (χ2v) is 8.15. The summed E-state index contributed by atoms with van der Waals surface area (Å²) in [5, 5.41) is 8.32. The van der Waals surface area contributed by atoms with E-state index in [1.807, 2.05) is 13.8 Å². The molecular weight excluding hydrogens is 378 g/mol. The lowest BCUT2D eigenvalue weighted by Crippen LogP contribution is -2.50. The van der Waals surface area contributed by atoms with Crippen molar-refractivity contribution in [3.63, 3.8) is 0 Å². The van der Waals surface area contributed by atoms with Crippen molar-refractivity contribution >= 4 is 29.3 Å². The molecule has 0 saturated carbocycles. The van der Waals surface area contributed by atoms with Crippen LogP contribution in [0.2, 0.25) is 0 Å². The first-order chi connectivity index (χ1) is 13.3. The lowest BCUT2D eigenvalue weighted by atomic mass is 10.0. The van der Waals surface area contributed by atoms with Crippen molar-refractivity contribution in [3.05, 3.63) is 0 Å². The molecule has 7 heteroatoms. The number of hydrogen-bond acceptors (Lipinski definition) is 3. The molecule has 3 N–H and O–H groups in total. The summed E-state index contributed by atoms with van der Waals surface area (Å²) in [5.41, 5.74) is 0. The standard InChI is InChI=1S/C21H40ClN3O3/c1-5-6-7-8-9-10-11-20(27)25-18(14-16(2)3)21(28)24-17(15-22)12-13-19(26)23-4/h16-18H,5-15H2,1-4H3,(H,23,26)(H,24,28)(H,25,27). The van der Waals surface area contributed by atoms with Crippen LogP contribution in [-0.2, 0) is 14.4 Å². The van der Waals surface area contributed by atoms with Crippen LogP contribution in [0.25, 0.3) is 0 Å². The predicted octanol–water partition coefficient (Wildman–Crippen LogP) is 3.52. The van der Waals surface area contributed by atoms with Crippen molar-refractivity contribution < 1.29 is 14.4 Å². The number of amides is 3. The van der Waals surface area contributed by atoms with E-state index in [1.165, 1.54) is 19.3 Å². The first-order valence-corrected chi connectivity index (χ1v) is 11.2. The number of unbranched alkanes of at least 4 members (excludes halogenated alkanes) is 5. The zero-order chi connectivity index (χ0) is 21.4. The first kappa shape index (κ1) is 26.7. The topological polar surface area (TPSA) is 87.3 Å². The van der Waals surface area contributed by atoms with Crippen LogP contribution >= 0.6 is 11.6 Å². The Morgan fingerprint density at radius 3 is 2.11 bits per heavy atom. The molecule has 0 fully saturated rings. The summed E-state index contributed by atoms with van der Waals surface area (Å²) in [5.74, 6) is 0.0976. The van der Waals surface area contributed by atoms with Crippen LogP contribution in [0.3, 0.4) is 0 Å². The highest BCUT2D eigenvalue weighted by Gasteiger charge is 2.24. The lowest BCUT2D eigenvalue weighted by Gasteiger charge is -2.23. The van der Waals surface area contributed by atoms with Gasteiger partial charge in [-0.1, -0.05) is 52.9 Å². The summed E-state index contributed by atoms with van der Waals surface area (Å²) >= 11 is 5.94. The maximum atomic E-state index is 12.7. The fraction of sp³-hybridized carbons (Fsp3) is 0.857. The maximum absolute atomic E-state index is 12.7. The summed E-state index contributed by atoms with van der Waals surface area (Å²) in [4.78, 5) is 36.3. The van der Waals surface area contributed by atoms with Crippen LogP contribution in [0.5, 0.6) is 0 Å². The van der Waals surface area contributed by atoms with Gasteiger partial charge in [0.1, 0.15) is 6.04 Å². The molecule has 0 heterocycles. The van der Waals surface area contributed by atoms with Crippen molar-refractivity contribution in [1.82, 2.24) is 16.0 Å². The molecule has 0 saturated heterocycles. The number of nitrogens with one attached hydrogen (secondary N) is 3. The van der Waals surface area contributed by atoms with E-state index in [0.717, 1.165) is 19.3 Å². The average molecular weight is 418 g/mol. The van der Waals surface area contributed by atoms with Gasteiger partial charge in [0.25, 0.3) is 0 Å². The van der Waals surface area contributed by atoms with Gasteiger partial charge in [0, 0.05) is 31.8 Å². The highest BCUT2D eigenvalue weighted by atomic mass is 35.5. The molecule has 0 bridgehead atoms. The van der Waals surface area contributed by atoms with Gasteiger partial charge >= 0.3 is 0 Å². The van der Waals surface area contributed by atoms with Crippen LogP contribution in [0, 0.1) is 5.92 Å². The van der Waals surface area contributed by atoms with Crippen molar-refractivity contribution in [2.45, 2.75) is 97.1 Å². The third-order valence-corrected chi connectivity index (χ3v) is 5.02. The summed E-state index contributed by atoms with van der Waals surface area (Å²) < 4.78 is 0. The van der Waals surface area contributed by atoms with Gasteiger partial charge in [0.2, 0.25) is 17.7 Å². The third-order valence-electron chi connectivity index (χ3n) is 4.65. The molecule has 0 aliphatic carbocycles. The zero-order valence-electron chi connectivity index (χ0n) is 18.1. The fourth-order valence-corrected chi connectivity index (χ4v) is 3.19. The van der Waals surface area contributed by atoms with Gasteiger partial charge in [-0.2, -0.15) is 0 Å². The van der Waals surface area contributed by atoms with Gasteiger partial charge in [-0.15, -0.1) is 11.6 Å². The predicted molar refractivity (Wildman–Crippen MR) is 115 cm³/mol. The quantitative estimate of drug-likeness (QED) is 0.265. The Morgan fingerprint density at radius 2 is 1.54 bits per heavy atom. The zero-order valence-corrected chi connectivity index (χ0v) is 18.9. The van der Waals surface area contributed by atoms with Crippen LogP contribution < -0.4 is 16.0 Å². The summed E-state index contributed by atoms with van der Waals surface area (Å²) in [7, 11) is 1.58. The molecule has 0 aromatic heterocycles. The molecule has 0 aromatic rings. The van der Waals surface area contributed by atoms with Gasteiger partial charge in [0.15, 0.2) is 0 Å². The lowest BCUT2D eigenvalue weighted by molar-refractivity contribution is -0.130. The van der Waals surface area contributed by atoms with E-state index in [-0.39, 0.29) is 35.6 Å². The normalized spacial score (nSPS) is 13.1. The number of hydrogen-bond donors (Lipinski definition) is 3. The van der Waals surface area contributed by atoms with E-state index >= 15 is 0 Å². The van der Waals surface area contributed by atoms with E-state index in [1.54, 1.807) is 7.05 Å². The van der Waals surface area contributed by atoms with Gasteiger partial charge < -0.3 is 16.0 Å². The highest BCUT2D eigenvalue weighted by molar-refractivity contribution is 6.18. The second kappa shape index (κ2) is 16.6. The Kier molecular flexibility index (Phi) is 15.9. The molecule has 0 radical (unpaired) electrons. The second-order valence-electron chi connectivity index (χ2n) is 7.84. The minimum Gasteiger partial charge on any atom is -0.359 e. The van der Waals surface area contributed by atoms with Crippen LogP contribution in [0.4, 0.5) is 0 Å². The number of carbonyl (C=O) groups is 3. The minimum absolute atomic E-state index is 0.0796. The van der Waals surface area contributed by atoms with E-state index in [0.29, 0.717) is 25.7 Å². The smallest absolute Gasteiger partial charge is 0.242 e. The first-order valence-electron chi connectivity index (χ1n) is 10.7. The number of halogens is 1. The van der Waals surface area contributed by atoms with Gasteiger partial charge in [-0.3, -0.25) is 14.4 Å². The molecule has 0 aliphatic rings. The van der Waals surface area contributed by atoms with Gasteiger partial charge in [0.05, 0.1) is 0 Å². The van der Waals surface area contributed by atoms with Crippen molar-refractivity contribution in [1.29, 1.82) is 0 Å². The van der Waals surface area contributed by atoms with E-state index in [2.05, 4.69) is 22.9 Å². The number of rotatable bonds is 16. The Morgan fingerprint density at radius 1 is 0.893 bits per heavy atom. The summed E-state index contributed by atoms with van der Waals surface area (Å²) in [6, 6.07) is -0.866. The molecule has 0 spiro atoms. The Balaban J connectivity index is 4.50. The molecule has 2 atom stereocenters. The Bertz CT molecular complexity index is 458.